The number of nitrogens with zero attached hydrogens (tertiary/aromatic N) is 3. The average molecular weight is 584 g/mol. The molecule has 0 aliphatic heterocycles. The molecule has 0 radical (unpaired) electrons. The summed E-state index contributed by atoms with van der Waals surface area (Å²) in [6.45, 7) is 0.0346. The number of hydrogen-bond acceptors (Lipinski definition) is 6. The molecule has 1 N–H and O–H groups in total. The van der Waals surface area contributed by atoms with Gasteiger partial charge in [-0.1, -0.05) is 15.9 Å². The van der Waals surface area contributed by atoms with Crippen LogP contribution in [0.3, 0.4) is 0 Å². The van der Waals surface area contributed by atoms with Crippen LogP contribution in [-0.2, 0) is 19.9 Å². The molecule has 0 unspecified atom stereocenters. The van der Waals surface area contributed by atoms with Crippen LogP contribution < -0.4 is 9.62 Å². The molecule has 1 aromatic heterocycles. The highest BCUT2D eigenvalue weighted by Gasteiger charge is 2.32. The predicted molar refractivity (Wildman–Crippen MR) is 141 cm³/mol. The number of fused-ring (bicyclic) bond motifs is 1. The van der Waals surface area contributed by atoms with E-state index in [0.29, 0.717) is 28.0 Å². The molecule has 1 aliphatic rings. The third-order valence-corrected chi connectivity index (χ3v) is 8.63. The Kier molecular flexibility index (Phi) is 7.00. The third kappa shape index (κ3) is 5.70. The van der Waals surface area contributed by atoms with Crippen molar-refractivity contribution in [2.24, 2.45) is 0 Å². The van der Waals surface area contributed by atoms with Crippen molar-refractivity contribution in [1.29, 1.82) is 0 Å². The van der Waals surface area contributed by atoms with Gasteiger partial charge >= 0.3 is 0 Å². The van der Waals surface area contributed by atoms with Gasteiger partial charge in [0.1, 0.15) is 15.5 Å². The van der Waals surface area contributed by atoms with Crippen LogP contribution in [0, 0.1) is 0 Å². The first kappa shape index (κ1) is 25.6. The zero-order valence-electron chi connectivity index (χ0n) is 19.7. The Morgan fingerprint density at radius 2 is 1.80 bits per heavy atom. The van der Waals surface area contributed by atoms with Crippen molar-refractivity contribution in [2.75, 3.05) is 36.2 Å². The van der Waals surface area contributed by atoms with Crippen LogP contribution in [0.15, 0.2) is 40.9 Å². The van der Waals surface area contributed by atoms with E-state index in [9.17, 15) is 21.6 Å². The maximum Gasteiger partial charge on any atom is 0.270 e. The van der Waals surface area contributed by atoms with Crippen molar-refractivity contribution in [1.82, 2.24) is 15.1 Å². The van der Waals surface area contributed by atoms with Crippen molar-refractivity contribution in [3.63, 3.8) is 0 Å². The number of aromatic nitrogens is 2. The van der Waals surface area contributed by atoms with Crippen LogP contribution in [0.4, 0.5) is 5.69 Å². The standard InChI is InChI=1S/C23H27BrN4O5S2/c1-25-23(29)22-19-13-18(15-5-6-15)21(27(35(3,32)33)11-4-12-34(2,30)31)14-20(19)26-28(22)17-9-7-16(24)8-10-17/h7-10,13-15H,4-6,11-12H2,1-3H3,(H,25,29). The van der Waals surface area contributed by atoms with Crippen LogP contribution >= 0.6 is 15.9 Å². The van der Waals surface area contributed by atoms with Gasteiger partial charge in [0.2, 0.25) is 10.0 Å². The molecule has 12 heteroatoms. The normalized spacial score (nSPS) is 14.3. The highest BCUT2D eigenvalue weighted by Crippen LogP contribution is 2.46. The highest BCUT2D eigenvalue weighted by atomic mass is 79.9. The van der Waals surface area contributed by atoms with Crippen LogP contribution in [0.5, 0.6) is 0 Å². The number of amides is 1. The summed E-state index contributed by atoms with van der Waals surface area (Å²) in [6, 6.07) is 10.9. The van der Waals surface area contributed by atoms with Crippen LogP contribution in [-0.4, -0.2) is 64.4 Å². The van der Waals surface area contributed by atoms with E-state index in [1.54, 1.807) is 17.8 Å². The second-order valence-corrected chi connectivity index (χ2v) is 13.9. The number of nitrogens with one attached hydrogen (secondary N) is 1. The largest absolute Gasteiger partial charge is 0.354 e. The van der Waals surface area contributed by atoms with E-state index < -0.39 is 19.9 Å². The van der Waals surface area contributed by atoms with Gasteiger partial charge in [-0.05, 0) is 67.1 Å². The lowest BCUT2D eigenvalue weighted by Crippen LogP contribution is -2.32. The van der Waals surface area contributed by atoms with Gasteiger partial charge < -0.3 is 5.32 Å². The molecule has 9 nitrogen and oxygen atoms in total. The third-order valence-electron chi connectivity index (χ3n) is 5.90. The quantitative estimate of drug-likeness (QED) is 0.414. The Labute approximate surface area is 213 Å². The average Bonchev–Trinajstić information content (AvgIpc) is 3.55. The lowest BCUT2D eigenvalue weighted by Gasteiger charge is -2.25. The van der Waals surface area contributed by atoms with E-state index >= 15 is 0 Å². The predicted octanol–water partition coefficient (Wildman–Crippen LogP) is 3.23. The number of sulfone groups is 1. The minimum atomic E-state index is -3.69. The second-order valence-electron chi connectivity index (χ2n) is 8.84. The van der Waals surface area contributed by atoms with Gasteiger partial charge in [0.15, 0.2) is 0 Å². The highest BCUT2D eigenvalue weighted by molar-refractivity contribution is 9.10. The van der Waals surface area contributed by atoms with Crippen molar-refractivity contribution >= 4 is 58.3 Å². The van der Waals surface area contributed by atoms with Crippen LogP contribution in [0.1, 0.15) is 41.2 Å². The Morgan fingerprint density at radius 1 is 1.14 bits per heavy atom. The molecule has 188 valence electrons. The second kappa shape index (κ2) is 9.55. The molecule has 0 spiro atoms. The Bertz CT molecular complexity index is 1490. The summed E-state index contributed by atoms with van der Waals surface area (Å²) in [5.41, 5.74) is 2.83. The smallest absolute Gasteiger partial charge is 0.270 e. The van der Waals surface area contributed by atoms with Crippen LogP contribution in [0.2, 0.25) is 0 Å². The molecule has 1 saturated carbocycles. The van der Waals surface area contributed by atoms with Gasteiger partial charge in [-0.2, -0.15) is 5.10 Å². The number of anilines is 1. The van der Waals surface area contributed by atoms with Gasteiger partial charge in [-0.25, -0.2) is 21.5 Å². The summed E-state index contributed by atoms with van der Waals surface area (Å²) in [5.74, 6) is -0.251. The van der Waals surface area contributed by atoms with Gasteiger partial charge in [-0.15, -0.1) is 0 Å². The summed E-state index contributed by atoms with van der Waals surface area (Å²) in [6.07, 6.45) is 4.25. The van der Waals surface area contributed by atoms with Crippen molar-refractivity contribution < 1.29 is 21.6 Å². The molecule has 1 heterocycles. The van der Waals surface area contributed by atoms with Gasteiger partial charge in [0, 0.05) is 29.7 Å². The zero-order valence-corrected chi connectivity index (χ0v) is 22.9. The van der Waals surface area contributed by atoms with Crippen molar-refractivity contribution in [3.8, 4) is 5.69 Å². The lowest BCUT2D eigenvalue weighted by atomic mass is 10.0. The van der Waals surface area contributed by atoms with E-state index in [1.165, 1.54) is 4.31 Å². The minimum Gasteiger partial charge on any atom is -0.354 e. The first-order valence-electron chi connectivity index (χ1n) is 11.1. The number of carbonyl (C=O) groups excluding carboxylic acids is 1. The summed E-state index contributed by atoms with van der Waals surface area (Å²) in [5, 5.41) is 7.97. The van der Waals surface area contributed by atoms with Gasteiger partial charge in [0.25, 0.3) is 5.91 Å². The molecule has 1 amide bonds. The number of rotatable bonds is 9. The van der Waals surface area contributed by atoms with Crippen molar-refractivity contribution in [2.45, 2.75) is 25.2 Å². The Morgan fingerprint density at radius 3 is 2.34 bits per heavy atom. The molecule has 3 aromatic rings. The summed E-state index contributed by atoms with van der Waals surface area (Å²) >= 11 is 3.41. The Balaban J connectivity index is 1.90. The van der Waals surface area contributed by atoms with Crippen LogP contribution in [0.25, 0.3) is 16.6 Å². The maximum atomic E-state index is 12.9. The number of benzene rings is 2. The summed E-state index contributed by atoms with van der Waals surface area (Å²) in [4.78, 5) is 12.9. The number of sulfonamides is 1. The molecule has 0 saturated heterocycles. The maximum absolute atomic E-state index is 12.9. The molecule has 1 fully saturated rings. The summed E-state index contributed by atoms with van der Waals surface area (Å²) in [7, 11) is -5.37. The van der Waals surface area contributed by atoms with E-state index in [0.717, 1.165) is 35.4 Å². The fourth-order valence-corrected chi connectivity index (χ4v) is 6.01. The monoisotopic (exact) mass is 582 g/mol. The number of halogens is 1. The molecular weight excluding hydrogens is 556 g/mol. The molecule has 35 heavy (non-hydrogen) atoms. The fraction of sp³-hybridized carbons (Fsp3) is 0.391. The zero-order chi connectivity index (χ0) is 25.5. The SMILES string of the molecule is CNC(=O)c1c2cc(C3CC3)c(N(CCCS(C)(=O)=O)S(C)(=O)=O)cc2nn1-c1ccc(Br)cc1. The number of hydrogen-bond donors (Lipinski definition) is 1. The van der Waals surface area contributed by atoms with E-state index in [-0.39, 0.29) is 30.5 Å². The van der Waals surface area contributed by atoms with E-state index in [1.807, 2.05) is 30.3 Å². The molecular formula is C23H27BrN4O5S2. The number of carbonyl (C=O) groups is 1. The first-order valence-corrected chi connectivity index (χ1v) is 15.8. The Hall–Kier alpha value is -2.44. The molecule has 0 atom stereocenters. The molecule has 1 aliphatic carbocycles. The van der Waals surface area contributed by atoms with Gasteiger partial charge in [-0.3, -0.25) is 9.10 Å². The van der Waals surface area contributed by atoms with E-state index in [2.05, 4.69) is 26.3 Å². The molecule has 0 bridgehead atoms. The topological polar surface area (TPSA) is 118 Å². The molecule has 4 rings (SSSR count). The minimum absolute atomic E-state index is 0.0346. The van der Waals surface area contributed by atoms with Gasteiger partial charge in [0.05, 0.1) is 28.9 Å². The first-order chi connectivity index (χ1) is 16.4. The summed E-state index contributed by atoms with van der Waals surface area (Å²) < 4.78 is 52.5. The lowest BCUT2D eigenvalue weighted by molar-refractivity contribution is 0.0957. The van der Waals surface area contributed by atoms with Crippen molar-refractivity contribution in [3.05, 3.63) is 52.1 Å². The van der Waals surface area contributed by atoms with E-state index in [4.69, 9.17) is 0 Å². The molecule has 2 aromatic carbocycles. The fourth-order valence-electron chi connectivity index (χ4n) is 4.12.